The Labute approximate surface area is 83.7 Å². The van der Waals surface area contributed by atoms with Gasteiger partial charge < -0.3 is 15.2 Å². The fourth-order valence-corrected chi connectivity index (χ4v) is 1.80. The molecular weight excluding hydrogens is 178 g/mol. The Bertz CT molecular complexity index is 325. The molecule has 0 saturated carbocycles. The van der Waals surface area contributed by atoms with E-state index >= 15 is 0 Å². The first-order valence-corrected chi connectivity index (χ1v) is 4.96. The zero-order chi connectivity index (χ0) is 9.97. The van der Waals surface area contributed by atoms with Crippen LogP contribution in [-0.4, -0.2) is 24.9 Å². The van der Waals surface area contributed by atoms with Crippen LogP contribution in [0.2, 0.25) is 0 Å². The molecule has 1 atom stereocenters. The van der Waals surface area contributed by atoms with Crippen molar-refractivity contribution >= 4 is 5.69 Å². The lowest BCUT2D eigenvalue weighted by Gasteiger charge is -2.08. The summed E-state index contributed by atoms with van der Waals surface area (Å²) in [7, 11) is 0. The van der Waals surface area contributed by atoms with Crippen LogP contribution in [0.1, 0.15) is 18.4 Å². The van der Waals surface area contributed by atoms with E-state index in [1.54, 1.807) is 0 Å². The Balaban J connectivity index is 2.28. The van der Waals surface area contributed by atoms with Crippen LogP contribution in [0, 0.1) is 0 Å². The average molecular weight is 193 g/mol. The van der Waals surface area contributed by atoms with Crippen molar-refractivity contribution in [2.45, 2.75) is 12.8 Å². The van der Waals surface area contributed by atoms with Gasteiger partial charge >= 0.3 is 0 Å². The van der Waals surface area contributed by atoms with Crippen molar-refractivity contribution in [1.29, 1.82) is 0 Å². The molecule has 0 aromatic heterocycles. The Morgan fingerprint density at radius 1 is 1.57 bits per heavy atom. The van der Waals surface area contributed by atoms with Gasteiger partial charge in [-0.05, 0) is 30.7 Å². The molecule has 1 unspecified atom stereocenters. The number of fused-ring (bicyclic) bond motifs is 1. The average Bonchev–Trinajstić information content (AvgIpc) is 2.60. The molecule has 1 aliphatic rings. The summed E-state index contributed by atoms with van der Waals surface area (Å²) in [6, 6.07) is 5.98. The Morgan fingerprint density at radius 2 is 2.43 bits per heavy atom. The van der Waals surface area contributed by atoms with E-state index in [1.165, 1.54) is 5.56 Å². The summed E-state index contributed by atoms with van der Waals surface area (Å²) < 4.78 is 5.41. The minimum atomic E-state index is 0.190. The molecule has 1 aromatic carbocycles. The number of aliphatic hydroxyl groups excluding tert-OH is 1. The molecule has 2 N–H and O–H groups in total. The molecule has 1 aliphatic heterocycles. The molecule has 14 heavy (non-hydrogen) atoms. The number of hydrogen-bond acceptors (Lipinski definition) is 3. The van der Waals surface area contributed by atoms with Gasteiger partial charge in [0, 0.05) is 18.2 Å². The van der Waals surface area contributed by atoms with Gasteiger partial charge in [0.05, 0.1) is 13.2 Å². The molecule has 0 saturated heterocycles. The van der Waals surface area contributed by atoms with Crippen molar-refractivity contribution in [2.75, 3.05) is 25.1 Å². The Morgan fingerprint density at radius 3 is 3.14 bits per heavy atom. The van der Waals surface area contributed by atoms with Gasteiger partial charge in [-0.2, -0.15) is 0 Å². The maximum absolute atomic E-state index is 9.15. The van der Waals surface area contributed by atoms with Crippen LogP contribution in [0.3, 0.4) is 0 Å². The van der Waals surface area contributed by atoms with Crippen LogP contribution in [0.25, 0.3) is 0 Å². The van der Waals surface area contributed by atoms with Gasteiger partial charge in [-0.1, -0.05) is 0 Å². The van der Waals surface area contributed by atoms with Gasteiger partial charge in [0.2, 0.25) is 0 Å². The second-order valence-corrected chi connectivity index (χ2v) is 3.44. The molecule has 0 spiro atoms. The topological polar surface area (TPSA) is 41.5 Å². The second kappa shape index (κ2) is 3.88. The molecule has 2 rings (SSSR count). The Hall–Kier alpha value is -1.22. The summed E-state index contributed by atoms with van der Waals surface area (Å²) in [5.74, 6) is 1.10. The van der Waals surface area contributed by atoms with E-state index in [-0.39, 0.29) is 12.5 Å². The number of ether oxygens (including phenoxy) is 1. The van der Waals surface area contributed by atoms with E-state index in [9.17, 15) is 0 Å². The van der Waals surface area contributed by atoms with E-state index in [1.807, 2.05) is 25.1 Å². The number of aliphatic hydroxyl groups is 1. The highest BCUT2D eigenvalue weighted by molar-refractivity contribution is 5.60. The van der Waals surface area contributed by atoms with Crippen LogP contribution in [0.15, 0.2) is 18.2 Å². The molecule has 1 aromatic rings. The van der Waals surface area contributed by atoms with Crippen molar-refractivity contribution in [3.63, 3.8) is 0 Å². The van der Waals surface area contributed by atoms with Gasteiger partial charge in [-0.3, -0.25) is 0 Å². The van der Waals surface area contributed by atoms with Crippen molar-refractivity contribution in [3.05, 3.63) is 23.8 Å². The number of rotatable bonds is 3. The molecule has 3 heteroatoms. The lowest BCUT2D eigenvalue weighted by molar-refractivity contribution is 0.272. The minimum Gasteiger partial charge on any atom is -0.494 e. The third-order valence-electron chi connectivity index (χ3n) is 2.53. The number of benzene rings is 1. The van der Waals surface area contributed by atoms with Gasteiger partial charge in [0.15, 0.2) is 0 Å². The van der Waals surface area contributed by atoms with Gasteiger partial charge in [0.25, 0.3) is 0 Å². The molecule has 0 bridgehead atoms. The van der Waals surface area contributed by atoms with E-state index in [4.69, 9.17) is 9.84 Å². The second-order valence-electron chi connectivity index (χ2n) is 3.44. The first kappa shape index (κ1) is 9.34. The third-order valence-corrected chi connectivity index (χ3v) is 2.53. The molecule has 1 heterocycles. The minimum absolute atomic E-state index is 0.190. The fraction of sp³-hybridized carbons (Fsp3) is 0.455. The fourth-order valence-electron chi connectivity index (χ4n) is 1.80. The lowest BCUT2D eigenvalue weighted by atomic mass is 10.0. The van der Waals surface area contributed by atoms with E-state index in [0.29, 0.717) is 6.61 Å². The standard InChI is InChI=1S/C11H15NO2/c1-2-14-9-3-4-11-10(5-9)8(7-13)6-12-11/h3-5,8,12-13H,2,6-7H2,1H3. The lowest BCUT2D eigenvalue weighted by Crippen LogP contribution is -2.05. The van der Waals surface area contributed by atoms with Crippen LogP contribution < -0.4 is 10.1 Å². The third kappa shape index (κ3) is 1.55. The summed E-state index contributed by atoms with van der Waals surface area (Å²) in [5.41, 5.74) is 2.28. The van der Waals surface area contributed by atoms with Crippen LogP contribution in [-0.2, 0) is 0 Å². The highest BCUT2D eigenvalue weighted by Crippen LogP contribution is 2.33. The monoisotopic (exact) mass is 193 g/mol. The quantitative estimate of drug-likeness (QED) is 0.766. The predicted octanol–water partition coefficient (Wildman–Crippen LogP) is 1.59. The van der Waals surface area contributed by atoms with E-state index < -0.39 is 0 Å². The predicted molar refractivity (Wildman–Crippen MR) is 55.9 cm³/mol. The maximum Gasteiger partial charge on any atom is 0.119 e. The van der Waals surface area contributed by atoms with Crippen molar-refractivity contribution in [3.8, 4) is 5.75 Å². The summed E-state index contributed by atoms with van der Waals surface area (Å²) >= 11 is 0. The zero-order valence-corrected chi connectivity index (χ0v) is 8.29. The SMILES string of the molecule is CCOc1ccc2c(c1)C(CO)CN2. The molecule has 3 nitrogen and oxygen atoms in total. The van der Waals surface area contributed by atoms with Gasteiger partial charge in [0.1, 0.15) is 5.75 Å². The first-order valence-electron chi connectivity index (χ1n) is 4.96. The zero-order valence-electron chi connectivity index (χ0n) is 8.29. The molecule has 0 fully saturated rings. The number of nitrogens with one attached hydrogen (secondary N) is 1. The molecule has 0 aliphatic carbocycles. The van der Waals surface area contributed by atoms with Gasteiger partial charge in [-0.25, -0.2) is 0 Å². The number of anilines is 1. The summed E-state index contributed by atoms with van der Waals surface area (Å²) in [6.07, 6.45) is 0. The highest BCUT2D eigenvalue weighted by atomic mass is 16.5. The van der Waals surface area contributed by atoms with Crippen molar-refractivity contribution in [2.24, 2.45) is 0 Å². The smallest absolute Gasteiger partial charge is 0.119 e. The van der Waals surface area contributed by atoms with E-state index in [2.05, 4.69) is 5.32 Å². The van der Waals surface area contributed by atoms with E-state index in [0.717, 1.165) is 18.0 Å². The molecule has 0 radical (unpaired) electrons. The largest absolute Gasteiger partial charge is 0.494 e. The van der Waals surface area contributed by atoms with Crippen molar-refractivity contribution < 1.29 is 9.84 Å². The van der Waals surface area contributed by atoms with Crippen LogP contribution >= 0.6 is 0 Å². The molecule has 0 amide bonds. The summed E-state index contributed by atoms with van der Waals surface area (Å²) in [4.78, 5) is 0. The normalized spacial score (nSPS) is 18.9. The maximum atomic E-state index is 9.15. The molecule has 76 valence electrons. The first-order chi connectivity index (χ1) is 6.85. The van der Waals surface area contributed by atoms with Crippen LogP contribution in [0.5, 0.6) is 5.75 Å². The van der Waals surface area contributed by atoms with Crippen molar-refractivity contribution in [1.82, 2.24) is 0 Å². The highest BCUT2D eigenvalue weighted by Gasteiger charge is 2.21. The Kier molecular flexibility index (Phi) is 2.59. The molecular formula is C11H15NO2. The van der Waals surface area contributed by atoms with Gasteiger partial charge in [-0.15, -0.1) is 0 Å². The van der Waals surface area contributed by atoms with Crippen LogP contribution in [0.4, 0.5) is 5.69 Å². The summed E-state index contributed by atoms with van der Waals surface area (Å²) in [5, 5.41) is 12.4. The summed E-state index contributed by atoms with van der Waals surface area (Å²) in [6.45, 7) is 3.65. The number of hydrogen-bond donors (Lipinski definition) is 2.